The summed E-state index contributed by atoms with van der Waals surface area (Å²) in [5.74, 6) is -0.0567. The zero-order chi connectivity index (χ0) is 12.8. The van der Waals surface area contributed by atoms with Crippen LogP contribution in [0.3, 0.4) is 0 Å². The Morgan fingerprint density at radius 3 is 2.94 bits per heavy atom. The number of benzene rings is 1. The maximum absolute atomic E-state index is 13.4. The molecule has 0 saturated heterocycles. The molecule has 0 unspecified atom stereocenters. The normalized spacial score (nSPS) is 10.6. The lowest BCUT2D eigenvalue weighted by Crippen LogP contribution is -2.20. The lowest BCUT2D eigenvalue weighted by molar-refractivity contribution is 0.298. The SMILES string of the molecule is Fc1cc(Br)ccc1OCCNCc1cccs1. The molecular formula is C13H13BrFNOS. The highest BCUT2D eigenvalue weighted by Crippen LogP contribution is 2.21. The molecule has 1 N–H and O–H groups in total. The van der Waals surface area contributed by atoms with E-state index in [-0.39, 0.29) is 11.6 Å². The minimum atomic E-state index is -0.345. The van der Waals surface area contributed by atoms with Gasteiger partial charge in [0.2, 0.25) is 0 Å². The lowest BCUT2D eigenvalue weighted by atomic mass is 10.3. The standard InChI is InChI=1S/C13H13BrFNOS/c14-10-3-4-13(12(15)8-10)17-6-5-16-9-11-2-1-7-18-11/h1-4,7-8,16H,5-6,9H2. The van der Waals surface area contributed by atoms with Gasteiger partial charge in [-0.1, -0.05) is 22.0 Å². The van der Waals surface area contributed by atoms with Crippen LogP contribution in [0.2, 0.25) is 0 Å². The van der Waals surface area contributed by atoms with Crippen LogP contribution in [0, 0.1) is 5.82 Å². The molecule has 2 aromatic rings. The first-order valence-electron chi connectivity index (χ1n) is 5.56. The van der Waals surface area contributed by atoms with Crippen molar-refractivity contribution in [3.05, 3.63) is 50.9 Å². The predicted octanol–water partition coefficient (Wildman–Crippen LogP) is 3.82. The number of halogens is 2. The van der Waals surface area contributed by atoms with Gasteiger partial charge in [0.15, 0.2) is 11.6 Å². The topological polar surface area (TPSA) is 21.3 Å². The summed E-state index contributed by atoms with van der Waals surface area (Å²) >= 11 is 4.92. The Kier molecular flexibility index (Phi) is 5.16. The minimum Gasteiger partial charge on any atom is -0.489 e. The second-order valence-electron chi connectivity index (χ2n) is 3.68. The van der Waals surface area contributed by atoms with Crippen LogP contribution in [0.1, 0.15) is 4.88 Å². The average molecular weight is 330 g/mol. The van der Waals surface area contributed by atoms with E-state index in [1.54, 1.807) is 23.5 Å². The highest BCUT2D eigenvalue weighted by molar-refractivity contribution is 9.10. The molecule has 1 aromatic carbocycles. The van der Waals surface area contributed by atoms with Gasteiger partial charge in [-0.25, -0.2) is 4.39 Å². The minimum absolute atomic E-state index is 0.288. The molecule has 5 heteroatoms. The molecule has 96 valence electrons. The first-order valence-corrected chi connectivity index (χ1v) is 7.24. The molecule has 0 aliphatic rings. The highest BCUT2D eigenvalue weighted by atomic mass is 79.9. The van der Waals surface area contributed by atoms with Gasteiger partial charge in [-0.2, -0.15) is 0 Å². The molecule has 0 aliphatic carbocycles. The van der Waals surface area contributed by atoms with Crippen LogP contribution in [-0.4, -0.2) is 13.2 Å². The van der Waals surface area contributed by atoms with Crippen molar-refractivity contribution in [2.75, 3.05) is 13.2 Å². The summed E-state index contributed by atoms with van der Waals surface area (Å²) in [4.78, 5) is 1.28. The van der Waals surface area contributed by atoms with Gasteiger partial charge in [0, 0.05) is 22.4 Å². The summed E-state index contributed by atoms with van der Waals surface area (Å²) in [5.41, 5.74) is 0. The molecule has 0 bridgehead atoms. The predicted molar refractivity (Wildman–Crippen MR) is 75.6 cm³/mol. The van der Waals surface area contributed by atoms with Crippen molar-refractivity contribution in [1.82, 2.24) is 5.32 Å². The van der Waals surface area contributed by atoms with Crippen LogP contribution >= 0.6 is 27.3 Å². The molecule has 0 fully saturated rings. The number of hydrogen-bond acceptors (Lipinski definition) is 3. The van der Waals surface area contributed by atoms with Crippen molar-refractivity contribution in [3.63, 3.8) is 0 Å². The zero-order valence-electron chi connectivity index (χ0n) is 9.66. The summed E-state index contributed by atoms with van der Waals surface area (Å²) in [6.07, 6.45) is 0. The third-order valence-electron chi connectivity index (χ3n) is 2.31. The highest BCUT2D eigenvalue weighted by Gasteiger charge is 2.03. The fraction of sp³-hybridized carbons (Fsp3) is 0.231. The van der Waals surface area contributed by atoms with Crippen LogP contribution in [0.5, 0.6) is 5.75 Å². The van der Waals surface area contributed by atoms with Crippen molar-refractivity contribution in [2.24, 2.45) is 0 Å². The van der Waals surface area contributed by atoms with Crippen LogP contribution in [0.15, 0.2) is 40.2 Å². The van der Waals surface area contributed by atoms with Gasteiger partial charge < -0.3 is 10.1 Å². The van der Waals surface area contributed by atoms with Crippen molar-refractivity contribution >= 4 is 27.3 Å². The molecule has 0 amide bonds. The smallest absolute Gasteiger partial charge is 0.166 e. The lowest BCUT2D eigenvalue weighted by Gasteiger charge is -2.08. The molecule has 0 aliphatic heterocycles. The Morgan fingerprint density at radius 2 is 2.22 bits per heavy atom. The number of nitrogens with one attached hydrogen (secondary N) is 1. The Bertz CT molecular complexity index is 490. The first kappa shape index (κ1) is 13.5. The summed E-state index contributed by atoms with van der Waals surface area (Å²) < 4.78 is 19.5. The summed E-state index contributed by atoms with van der Waals surface area (Å²) in [6, 6.07) is 8.88. The molecule has 18 heavy (non-hydrogen) atoms. The van der Waals surface area contributed by atoms with Crippen molar-refractivity contribution < 1.29 is 9.13 Å². The van der Waals surface area contributed by atoms with Gasteiger partial charge in [0.05, 0.1) is 0 Å². The molecule has 0 atom stereocenters. The molecular weight excluding hydrogens is 317 g/mol. The van der Waals surface area contributed by atoms with Gasteiger partial charge in [-0.3, -0.25) is 0 Å². The second-order valence-corrected chi connectivity index (χ2v) is 5.63. The van der Waals surface area contributed by atoms with Crippen molar-refractivity contribution in [1.29, 1.82) is 0 Å². The van der Waals surface area contributed by atoms with Gasteiger partial charge in [0.1, 0.15) is 6.61 Å². The number of ether oxygens (including phenoxy) is 1. The summed E-state index contributed by atoms with van der Waals surface area (Å²) in [7, 11) is 0. The maximum atomic E-state index is 13.4. The van der Waals surface area contributed by atoms with E-state index in [4.69, 9.17) is 4.74 Å². The third kappa shape index (κ3) is 4.08. The Morgan fingerprint density at radius 1 is 1.33 bits per heavy atom. The molecule has 0 saturated carbocycles. The molecule has 2 nitrogen and oxygen atoms in total. The number of hydrogen-bond donors (Lipinski definition) is 1. The van der Waals surface area contributed by atoms with E-state index in [0.717, 1.165) is 6.54 Å². The summed E-state index contributed by atoms with van der Waals surface area (Å²) in [5, 5.41) is 5.29. The van der Waals surface area contributed by atoms with Gasteiger partial charge in [-0.15, -0.1) is 11.3 Å². The molecule has 0 spiro atoms. The largest absolute Gasteiger partial charge is 0.489 e. The van der Waals surface area contributed by atoms with Crippen LogP contribution in [-0.2, 0) is 6.54 Å². The van der Waals surface area contributed by atoms with E-state index in [0.29, 0.717) is 17.6 Å². The van der Waals surface area contributed by atoms with E-state index < -0.39 is 0 Å². The van der Waals surface area contributed by atoms with Gasteiger partial charge in [-0.05, 0) is 29.6 Å². The van der Waals surface area contributed by atoms with E-state index in [1.807, 2.05) is 11.4 Å². The van der Waals surface area contributed by atoms with E-state index in [2.05, 4.69) is 27.3 Å². The van der Waals surface area contributed by atoms with Gasteiger partial charge >= 0.3 is 0 Å². The first-order chi connectivity index (χ1) is 8.75. The Hall–Kier alpha value is -0.910. The van der Waals surface area contributed by atoms with Crippen LogP contribution < -0.4 is 10.1 Å². The van der Waals surface area contributed by atoms with Crippen molar-refractivity contribution in [2.45, 2.75) is 6.54 Å². The monoisotopic (exact) mass is 329 g/mol. The van der Waals surface area contributed by atoms with Crippen LogP contribution in [0.4, 0.5) is 4.39 Å². The number of rotatable bonds is 6. The fourth-order valence-corrected chi connectivity index (χ4v) is 2.46. The Balaban J connectivity index is 1.69. The van der Waals surface area contributed by atoms with Crippen LogP contribution in [0.25, 0.3) is 0 Å². The number of thiophene rings is 1. The van der Waals surface area contributed by atoms with Gasteiger partial charge in [0.25, 0.3) is 0 Å². The molecule has 2 rings (SSSR count). The quantitative estimate of drug-likeness (QED) is 0.813. The van der Waals surface area contributed by atoms with E-state index in [9.17, 15) is 4.39 Å². The third-order valence-corrected chi connectivity index (χ3v) is 3.68. The summed E-state index contributed by atoms with van der Waals surface area (Å²) in [6.45, 7) is 1.96. The zero-order valence-corrected chi connectivity index (χ0v) is 12.1. The average Bonchev–Trinajstić information content (AvgIpc) is 2.84. The molecule has 1 heterocycles. The van der Waals surface area contributed by atoms with Crippen molar-refractivity contribution in [3.8, 4) is 5.75 Å². The van der Waals surface area contributed by atoms with E-state index in [1.165, 1.54) is 10.9 Å². The fourth-order valence-electron chi connectivity index (χ4n) is 1.45. The molecule has 1 aromatic heterocycles. The molecule has 0 radical (unpaired) electrons. The maximum Gasteiger partial charge on any atom is 0.166 e. The Labute approximate surface area is 118 Å². The van der Waals surface area contributed by atoms with E-state index >= 15 is 0 Å². The second kappa shape index (κ2) is 6.87.